The van der Waals surface area contributed by atoms with E-state index in [4.69, 9.17) is 10.5 Å². The Morgan fingerprint density at radius 2 is 1.73 bits per heavy atom. The largest absolute Gasteiger partial charge is 0.497 e. The van der Waals surface area contributed by atoms with Crippen LogP contribution in [-0.2, 0) is 6.42 Å². The van der Waals surface area contributed by atoms with Crippen LogP contribution in [0, 0.1) is 0 Å². The lowest BCUT2D eigenvalue weighted by Crippen LogP contribution is -2.14. The number of ether oxygens (including phenoxy) is 1. The van der Waals surface area contributed by atoms with Gasteiger partial charge in [-0.25, -0.2) is 0 Å². The summed E-state index contributed by atoms with van der Waals surface area (Å²) >= 11 is 0. The number of carbonyl (C=O) groups is 2. The summed E-state index contributed by atoms with van der Waals surface area (Å²) in [7, 11) is 1.58. The number of ketones is 1. The molecular weight excluding hydrogens is 414 g/mol. The maximum atomic E-state index is 13.4. The van der Waals surface area contributed by atoms with E-state index in [0.717, 1.165) is 19.3 Å². The van der Waals surface area contributed by atoms with Gasteiger partial charge >= 0.3 is 0 Å². The van der Waals surface area contributed by atoms with E-state index in [1.54, 1.807) is 48.0 Å². The van der Waals surface area contributed by atoms with Crippen molar-refractivity contribution in [2.45, 2.75) is 26.2 Å². The van der Waals surface area contributed by atoms with Gasteiger partial charge in [0, 0.05) is 17.4 Å². The number of nitrogens with one attached hydrogen (secondary N) is 1. The number of hydrogen-bond acceptors (Lipinski definition) is 4. The molecule has 4 rings (SSSR count). The predicted octanol–water partition coefficient (Wildman–Crippen LogP) is 5.36. The number of methoxy groups -OCH3 is 1. The fraction of sp³-hybridized carbons (Fsp3) is 0.185. The molecular formula is C27H27N3O3. The second-order valence-corrected chi connectivity index (χ2v) is 7.91. The number of fused-ring (bicyclic) bond motifs is 1. The Hall–Kier alpha value is -4.06. The number of amides is 1. The van der Waals surface area contributed by atoms with E-state index in [1.165, 1.54) is 5.56 Å². The molecule has 2 aromatic heterocycles. The van der Waals surface area contributed by atoms with Crippen LogP contribution in [0.4, 0.5) is 11.4 Å². The van der Waals surface area contributed by atoms with E-state index in [-0.39, 0.29) is 28.6 Å². The maximum absolute atomic E-state index is 13.4. The second kappa shape index (κ2) is 9.61. The number of pyridine rings is 1. The molecule has 3 N–H and O–H groups in total. The Bertz CT molecular complexity index is 1290. The quantitative estimate of drug-likeness (QED) is 0.361. The van der Waals surface area contributed by atoms with Gasteiger partial charge in [0.15, 0.2) is 0 Å². The number of unbranched alkanes of at least 4 members (excludes halogenated alkanes) is 1. The van der Waals surface area contributed by atoms with Gasteiger partial charge in [-0.05, 0) is 54.8 Å². The van der Waals surface area contributed by atoms with E-state index in [0.29, 0.717) is 22.5 Å². The lowest BCUT2D eigenvalue weighted by atomic mass is 10.0. The monoisotopic (exact) mass is 441 g/mol. The van der Waals surface area contributed by atoms with Crippen LogP contribution in [0.3, 0.4) is 0 Å². The van der Waals surface area contributed by atoms with Crippen LogP contribution in [0.1, 0.15) is 51.7 Å². The number of aryl methyl sites for hydroxylation is 1. The third-order valence-electron chi connectivity index (χ3n) is 5.71. The van der Waals surface area contributed by atoms with Crippen LogP contribution in [0.25, 0.3) is 5.52 Å². The normalized spacial score (nSPS) is 10.8. The maximum Gasteiger partial charge on any atom is 0.259 e. The fourth-order valence-electron chi connectivity index (χ4n) is 3.91. The summed E-state index contributed by atoms with van der Waals surface area (Å²) in [4.78, 5) is 26.6. The van der Waals surface area contributed by atoms with E-state index < -0.39 is 0 Å². The number of hydrogen-bond donors (Lipinski definition) is 2. The van der Waals surface area contributed by atoms with Gasteiger partial charge in [-0.1, -0.05) is 43.7 Å². The van der Waals surface area contributed by atoms with Crippen LogP contribution in [0.15, 0.2) is 72.9 Å². The van der Waals surface area contributed by atoms with E-state index in [2.05, 4.69) is 12.2 Å². The highest BCUT2D eigenvalue weighted by Crippen LogP contribution is 2.29. The summed E-state index contributed by atoms with van der Waals surface area (Å²) in [6.45, 7) is 2.15. The molecule has 4 aromatic rings. The minimum atomic E-state index is -0.379. The molecule has 6 heteroatoms. The van der Waals surface area contributed by atoms with Crippen molar-refractivity contribution in [3.05, 3.63) is 95.3 Å². The first kappa shape index (κ1) is 22.1. The summed E-state index contributed by atoms with van der Waals surface area (Å²) in [5.74, 6) is 0.0880. The minimum Gasteiger partial charge on any atom is -0.497 e. The number of benzene rings is 2. The van der Waals surface area contributed by atoms with Gasteiger partial charge in [0.05, 0.1) is 23.9 Å². The zero-order valence-corrected chi connectivity index (χ0v) is 18.8. The average Bonchev–Trinajstić information content (AvgIpc) is 3.14. The molecule has 0 aliphatic rings. The Kier molecular flexibility index (Phi) is 6.45. The van der Waals surface area contributed by atoms with Crippen molar-refractivity contribution in [1.82, 2.24) is 4.40 Å². The number of rotatable bonds is 8. The summed E-state index contributed by atoms with van der Waals surface area (Å²) in [5, 5.41) is 2.86. The molecule has 0 atom stereocenters. The van der Waals surface area contributed by atoms with Crippen molar-refractivity contribution in [2.75, 3.05) is 18.2 Å². The van der Waals surface area contributed by atoms with Gasteiger partial charge in [-0.15, -0.1) is 0 Å². The molecule has 6 nitrogen and oxygen atoms in total. The van der Waals surface area contributed by atoms with Crippen molar-refractivity contribution in [1.29, 1.82) is 0 Å². The van der Waals surface area contributed by atoms with Crippen LogP contribution < -0.4 is 15.8 Å². The third-order valence-corrected chi connectivity index (χ3v) is 5.71. The molecule has 0 unspecified atom stereocenters. The first-order valence-corrected chi connectivity index (χ1v) is 11.0. The first-order chi connectivity index (χ1) is 16.0. The van der Waals surface area contributed by atoms with Crippen molar-refractivity contribution < 1.29 is 14.3 Å². The van der Waals surface area contributed by atoms with Crippen molar-refractivity contribution >= 4 is 28.6 Å². The number of nitrogen functional groups attached to an aromatic ring is 1. The Labute approximate surface area is 193 Å². The summed E-state index contributed by atoms with van der Waals surface area (Å²) in [6, 6.07) is 20.0. The average molecular weight is 442 g/mol. The molecule has 0 radical (unpaired) electrons. The van der Waals surface area contributed by atoms with Crippen LogP contribution >= 0.6 is 0 Å². The number of carbonyl (C=O) groups excluding carboxylic acids is 2. The topological polar surface area (TPSA) is 85.8 Å². The molecule has 0 saturated heterocycles. The zero-order valence-electron chi connectivity index (χ0n) is 18.8. The van der Waals surface area contributed by atoms with Crippen LogP contribution in [-0.4, -0.2) is 23.2 Å². The van der Waals surface area contributed by atoms with Crippen LogP contribution in [0.2, 0.25) is 0 Å². The molecule has 33 heavy (non-hydrogen) atoms. The lowest BCUT2D eigenvalue weighted by Gasteiger charge is -2.07. The smallest absolute Gasteiger partial charge is 0.259 e. The number of aromatic nitrogens is 1. The standard InChI is InChI=1S/C27H27N3O3/c1-3-4-7-18-9-11-19(12-10-18)26(31)25-24(28)23(22-8-5-6-17-30(22)25)27(32)29-20-13-15-21(33-2)16-14-20/h5-6,8-17H,3-4,7,28H2,1-2H3,(H,29,32). The van der Waals surface area contributed by atoms with Crippen molar-refractivity contribution in [3.8, 4) is 5.75 Å². The minimum absolute atomic E-state index is 0.160. The molecule has 168 valence electrons. The van der Waals surface area contributed by atoms with Gasteiger partial charge in [0.1, 0.15) is 11.4 Å². The summed E-state index contributed by atoms with van der Waals surface area (Å²) in [5.41, 5.74) is 10.0. The molecule has 0 bridgehead atoms. The van der Waals surface area contributed by atoms with Gasteiger partial charge < -0.3 is 20.2 Å². The predicted molar refractivity (Wildman–Crippen MR) is 131 cm³/mol. The van der Waals surface area contributed by atoms with Gasteiger partial charge in [-0.3, -0.25) is 9.59 Å². The number of nitrogens with zero attached hydrogens (tertiary/aromatic N) is 1. The SMILES string of the molecule is CCCCc1ccc(C(=O)c2c(N)c(C(=O)Nc3ccc(OC)cc3)c3ccccn23)cc1. The Balaban J connectivity index is 1.69. The molecule has 1 amide bonds. The highest BCUT2D eigenvalue weighted by atomic mass is 16.5. The van der Waals surface area contributed by atoms with Gasteiger partial charge in [0.25, 0.3) is 5.91 Å². The van der Waals surface area contributed by atoms with Crippen molar-refractivity contribution in [2.24, 2.45) is 0 Å². The van der Waals surface area contributed by atoms with E-state index >= 15 is 0 Å². The molecule has 0 fully saturated rings. The molecule has 0 saturated carbocycles. The van der Waals surface area contributed by atoms with Crippen molar-refractivity contribution in [3.63, 3.8) is 0 Å². The third kappa shape index (κ3) is 4.46. The highest BCUT2D eigenvalue weighted by Gasteiger charge is 2.26. The summed E-state index contributed by atoms with van der Waals surface area (Å²) < 4.78 is 6.85. The van der Waals surface area contributed by atoms with Gasteiger partial charge in [0.2, 0.25) is 5.78 Å². The Morgan fingerprint density at radius 3 is 2.39 bits per heavy atom. The summed E-state index contributed by atoms with van der Waals surface area (Å²) in [6.07, 6.45) is 4.96. The number of anilines is 2. The fourth-order valence-corrected chi connectivity index (χ4v) is 3.91. The molecule has 0 aliphatic heterocycles. The van der Waals surface area contributed by atoms with E-state index in [1.807, 2.05) is 36.4 Å². The van der Waals surface area contributed by atoms with E-state index in [9.17, 15) is 9.59 Å². The zero-order chi connectivity index (χ0) is 23.4. The second-order valence-electron chi connectivity index (χ2n) is 7.91. The molecule has 0 spiro atoms. The molecule has 0 aliphatic carbocycles. The molecule has 2 heterocycles. The van der Waals surface area contributed by atoms with Gasteiger partial charge in [-0.2, -0.15) is 0 Å². The first-order valence-electron chi connectivity index (χ1n) is 11.0. The number of nitrogens with two attached hydrogens (primary N) is 1. The molecule has 2 aromatic carbocycles. The Morgan fingerprint density at radius 1 is 1.00 bits per heavy atom. The highest BCUT2D eigenvalue weighted by molar-refractivity contribution is 6.20. The lowest BCUT2D eigenvalue weighted by molar-refractivity contribution is 0.102. The van der Waals surface area contributed by atoms with Crippen LogP contribution in [0.5, 0.6) is 5.75 Å².